The molecule has 4 rings (SSSR count). The number of carbonyl (C=O) groups is 2. The Morgan fingerprint density at radius 1 is 1.29 bits per heavy atom. The van der Waals surface area contributed by atoms with Gasteiger partial charge in [0, 0.05) is 43.4 Å². The topological polar surface area (TPSA) is 79.7 Å². The minimum atomic E-state index is -5.08. The number of ether oxygens (including phenoxy) is 1. The summed E-state index contributed by atoms with van der Waals surface area (Å²) >= 11 is 1.97. The van der Waals surface area contributed by atoms with Crippen LogP contribution in [0, 0.1) is 5.92 Å². The third-order valence-electron chi connectivity index (χ3n) is 5.07. The number of aliphatic carboxylic acids is 1. The molecule has 1 N–H and O–H groups in total. The van der Waals surface area contributed by atoms with E-state index in [1.54, 1.807) is 6.20 Å². The van der Waals surface area contributed by atoms with Gasteiger partial charge in [0.1, 0.15) is 6.10 Å². The summed E-state index contributed by atoms with van der Waals surface area (Å²) in [5.41, 5.74) is 0. The van der Waals surface area contributed by atoms with Gasteiger partial charge in [0.15, 0.2) is 0 Å². The summed E-state index contributed by atoms with van der Waals surface area (Å²) in [5, 5.41) is 7.12. The molecule has 1 unspecified atom stereocenters. The highest BCUT2D eigenvalue weighted by Crippen LogP contribution is 2.47. The number of pyridine rings is 1. The van der Waals surface area contributed by atoms with Crippen LogP contribution < -0.4 is 4.74 Å². The molecule has 1 saturated carbocycles. The van der Waals surface area contributed by atoms with Gasteiger partial charge in [-0.25, -0.2) is 9.78 Å². The summed E-state index contributed by atoms with van der Waals surface area (Å²) in [7, 11) is 0. The maximum absolute atomic E-state index is 12.2. The molecule has 1 aromatic heterocycles. The number of rotatable bonds is 3. The number of likely N-dealkylation sites (tertiary alicyclic amines) is 1. The predicted octanol–water partition coefficient (Wildman–Crippen LogP) is 2.98. The van der Waals surface area contributed by atoms with Crippen molar-refractivity contribution in [2.24, 2.45) is 5.92 Å². The van der Waals surface area contributed by atoms with Crippen LogP contribution in [0.15, 0.2) is 24.4 Å². The maximum Gasteiger partial charge on any atom is 0.490 e. The summed E-state index contributed by atoms with van der Waals surface area (Å²) in [6, 6.07) is 5.75. The molecule has 2 aliphatic heterocycles. The number of hydrogen-bond acceptors (Lipinski definition) is 5. The first kappa shape index (κ1) is 20.8. The Hall–Kier alpha value is -1.97. The molecular weight excluding hydrogens is 397 g/mol. The summed E-state index contributed by atoms with van der Waals surface area (Å²) in [6.07, 6.45) is 1.36. The van der Waals surface area contributed by atoms with Crippen molar-refractivity contribution in [2.45, 2.75) is 42.7 Å². The highest BCUT2D eigenvalue weighted by Gasteiger charge is 2.52. The number of thioether (sulfide) groups is 1. The number of alkyl halides is 3. The van der Waals surface area contributed by atoms with Crippen LogP contribution in [-0.2, 0) is 9.59 Å². The van der Waals surface area contributed by atoms with Crippen molar-refractivity contribution in [2.75, 3.05) is 18.8 Å². The smallest absolute Gasteiger partial charge is 0.475 e. The highest BCUT2D eigenvalue weighted by atomic mass is 32.2. The van der Waals surface area contributed by atoms with Crippen molar-refractivity contribution in [3.05, 3.63) is 24.4 Å². The van der Waals surface area contributed by atoms with E-state index in [-0.39, 0.29) is 10.9 Å². The average molecular weight is 418 g/mol. The van der Waals surface area contributed by atoms with Crippen molar-refractivity contribution < 1.29 is 32.6 Å². The van der Waals surface area contributed by atoms with Crippen LogP contribution in [-0.4, -0.2) is 62.7 Å². The molecule has 6 nitrogen and oxygen atoms in total. The summed E-state index contributed by atoms with van der Waals surface area (Å²) < 4.78 is 37.9. The predicted molar refractivity (Wildman–Crippen MR) is 96.1 cm³/mol. The van der Waals surface area contributed by atoms with Gasteiger partial charge >= 0.3 is 12.1 Å². The minimum absolute atomic E-state index is 0.228. The zero-order valence-electron chi connectivity index (χ0n) is 15.0. The van der Waals surface area contributed by atoms with Crippen molar-refractivity contribution in [3.8, 4) is 5.88 Å². The normalized spacial score (nSPS) is 23.2. The number of nitrogens with zero attached hydrogens (tertiary/aromatic N) is 2. The molecule has 3 heterocycles. The average Bonchev–Trinajstić information content (AvgIpc) is 2.96. The Labute approximate surface area is 164 Å². The van der Waals surface area contributed by atoms with Gasteiger partial charge in [0.25, 0.3) is 0 Å². The molecule has 28 heavy (non-hydrogen) atoms. The zero-order chi connectivity index (χ0) is 20.4. The monoisotopic (exact) mass is 418 g/mol. The molecule has 10 heteroatoms. The van der Waals surface area contributed by atoms with E-state index in [0.717, 1.165) is 38.1 Å². The van der Waals surface area contributed by atoms with Gasteiger partial charge in [0.2, 0.25) is 11.8 Å². The molecule has 154 valence electrons. The molecule has 1 aliphatic carbocycles. The highest BCUT2D eigenvalue weighted by molar-refractivity contribution is 8.01. The van der Waals surface area contributed by atoms with Crippen LogP contribution in [0.2, 0.25) is 0 Å². The van der Waals surface area contributed by atoms with Gasteiger partial charge in [0.05, 0.1) is 4.75 Å². The van der Waals surface area contributed by atoms with Gasteiger partial charge in [-0.1, -0.05) is 12.5 Å². The maximum atomic E-state index is 12.2. The van der Waals surface area contributed by atoms with Gasteiger partial charge in [-0.2, -0.15) is 13.2 Å². The molecule has 0 aromatic carbocycles. The van der Waals surface area contributed by atoms with Crippen LogP contribution in [0.3, 0.4) is 0 Å². The fourth-order valence-electron chi connectivity index (χ4n) is 3.40. The second kappa shape index (κ2) is 8.18. The lowest BCUT2D eigenvalue weighted by molar-refractivity contribution is -0.192. The lowest BCUT2D eigenvalue weighted by Gasteiger charge is -2.49. The van der Waals surface area contributed by atoms with Gasteiger partial charge in [-0.05, 0) is 18.9 Å². The Morgan fingerprint density at radius 3 is 2.46 bits per heavy atom. The summed E-state index contributed by atoms with van der Waals surface area (Å²) in [6.45, 7) is 1.82. The van der Waals surface area contributed by atoms with E-state index in [1.807, 2.05) is 30.0 Å². The van der Waals surface area contributed by atoms with E-state index in [9.17, 15) is 18.0 Å². The summed E-state index contributed by atoms with van der Waals surface area (Å²) in [5.74, 6) is -0.326. The zero-order valence-corrected chi connectivity index (χ0v) is 15.8. The van der Waals surface area contributed by atoms with Crippen molar-refractivity contribution in [3.63, 3.8) is 0 Å². The molecule has 2 saturated heterocycles. The molecule has 3 fully saturated rings. The molecule has 0 bridgehead atoms. The molecule has 1 atom stereocenters. The van der Waals surface area contributed by atoms with Gasteiger partial charge in [-0.3, -0.25) is 4.79 Å². The Morgan fingerprint density at radius 2 is 1.96 bits per heavy atom. The number of amides is 1. The quantitative estimate of drug-likeness (QED) is 0.813. The number of aromatic nitrogens is 1. The number of hydrogen-bond donors (Lipinski definition) is 1. The molecule has 1 aromatic rings. The van der Waals surface area contributed by atoms with Crippen molar-refractivity contribution in [1.82, 2.24) is 9.88 Å². The van der Waals surface area contributed by atoms with E-state index >= 15 is 0 Å². The minimum Gasteiger partial charge on any atom is -0.475 e. The Bertz CT molecular complexity index is 707. The van der Waals surface area contributed by atoms with Crippen LogP contribution in [0.5, 0.6) is 5.88 Å². The largest absolute Gasteiger partial charge is 0.490 e. The Kier molecular flexibility index (Phi) is 6.07. The molecule has 1 spiro atoms. The second-order valence-electron chi connectivity index (χ2n) is 7.23. The fraction of sp³-hybridized carbons (Fsp3) is 0.611. The summed E-state index contributed by atoms with van der Waals surface area (Å²) in [4.78, 5) is 27.4. The molecular formula is C18H21F3N2O4S. The van der Waals surface area contributed by atoms with Gasteiger partial charge < -0.3 is 14.7 Å². The number of halogens is 3. The standard InChI is InChI=1S/C16H20N2O2S.C2HF3O2/c19-15(12-4-3-5-12)18-10-16(11-18)8-13(9-21-16)20-14-6-1-2-7-17-14;3-2(4,5)1(6)7/h1-2,6-7,12-13H,3-5,8-11H2;(H,6,7). The van der Waals surface area contributed by atoms with E-state index < -0.39 is 12.1 Å². The lowest BCUT2D eigenvalue weighted by atomic mass is 9.82. The number of carbonyl (C=O) groups excluding carboxylic acids is 1. The Balaban J connectivity index is 0.000000279. The van der Waals surface area contributed by atoms with E-state index in [2.05, 4.69) is 9.88 Å². The lowest BCUT2D eigenvalue weighted by Crippen LogP contribution is -2.62. The molecule has 3 aliphatic rings. The SMILES string of the molecule is O=C(C1CCC1)N1CC2(CC(Oc3ccccn3)CS2)C1.O=C(O)C(F)(F)F. The first-order chi connectivity index (χ1) is 13.2. The first-order valence-corrected chi connectivity index (χ1v) is 9.98. The number of carboxylic acids is 1. The first-order valence-electron chi connectivity index (χ1n) is 8.99. The van der Waals surface area contributed by atoms with E-state index in [0.29, 0.717) is 17.7 Å². The van der Waals surface area contributed by atoms with Crippen LogP contribution in [0.4, 0.5) is 13.2 Å². The van der Waals surface area contributed by atoms with Crippen LogP contribution in [0.25, 0.3) is 0 Å². The molecule has 1 amide bonds. The van der Waals surface area contributed by atoms with Gasteiger partial charge in [-0.15, -0.1) is 11.8 Å². The third kappa shape index (κ3) is 4.89. The van der Waals surface area contributed by atoms with E-state index in [1.165, 1.54) is 6.42 Å². The third-order valence-corrected chi connectivity index (χ3v) is 6.64. The number of carboxylic acid groups (broad SMARTS) is 1. The molecule has 0 radical (unpaired) electrons. The van der Waals surface area contributed by atoms with Crippen molar-refractivity contribution in [1.29, 1.82) is 0 Å². The van der Waals surface area contributed by atoms with Crippen LogP contribution in [0.1, 0.15) is 25.7 Å². The fourth-order valence-corrected chi connectivity index (χ4v) is 4.93. The van der Waals surface area contributed by atoms with Crippen LogP contribution >= 0.6 is 11.8 Å². The second-order valence-corrected chi connectivity index (χ2v) is 8.72. The van der Waals surface area contributed by atoms with Crippen molar-refractivity contribution >= 4 is 23.6 Å². The van der Waals surface area contributed by atoms with E-state index in [4.69, 9.17) is 14.6 Å².